The molecule has 2 nitrogen and oxygen atoms in total. The van der Waals surface area contributed by atoms with Gasteiger partial charge in [0.1, 0.15) is 5.82 Å². The molecule has 0 amide bonds. The van der Waals surface area contributed by atoms with Gasteiger partial charge >= 0.3 is 0 Å². The lowest BCUT2D eigenvalue weighted by molar-refractivity contribution is 0.585. The second-order valence-corrected chi connectivity index (χ2v) is 5.22. The highest BCUT2D eigenvalue weighted by atomic mass is 35.5. The lowest BCUT2D eigenvalue weighted by Gasteiger charge is -2.29. The Morgan fingerprint density at radius 3 is 2.60 bits per heavy atom. The van der Waals surface area contributed by atoms with Crippen molar-refractivity contribution in [2.75, 3.05) is 11.9 Å². The van der Waals surface area contributed by atoms with Crippen molar-refractivity contribution in [3.05, 3.63) is 64.4 Å². The van der Waals surface area contributed by atoms with Gasteiger partial charge in [-0.05, 0) is 30.7 Å². The third-order valence-corrected chi connectivity index (χ3v) is 3.82. The molecule has 0 radical (unpaired) electrons. The summed E-state index contributed by atoms with van der Waals surface area (Å²) in [6, 6.07) is 12.3. The molecule has 4 heteroatoms. The van der Waals surface area contributed by atoms with Gasteiger partial charge in [0.25, 0.3) is 0 Å². The predicted molar refractivity (Wildman–Crippen MR) is 82.6 cm³/mol. The van der Waals surface area contributed by atoms with Gasteiger partial charge in [0.15, 0.2) is 0 Å². The first-order chi connectivity index (χ1) is 9.54. The van der Waals surface area contributed by atoms with Gasteiger partial charge in [0.05, 0.1) is 6.04 Å². The van der Waals surface area contributed by atoms with E-state index < -0.39 is 0 Å². The van der Waals surface area contributed by atoms with Crippen molar-refractivity contribution >= 4 is 17.3 Å². The van der Waals surface area contributed by atoms with Crippen molar-refractivity contribution in [3.8, 4) is 0 Å². The smallest absolute Gasteiger partial charge is 0.128 e. The molecule has 0 aliphatic rings. The summed E-state index contributed by atoms with van der Waals surface area (Å²) >= 11 is 6.06. The van der Waals surface area contributed by atoms with Crippen LogP contribution in [-0.4, -0.2) is 7.05 Å². The van der Waals surface area contributed by atoms with E-state index in [0.29, 0.717) is 17.1 Å². The fourth-order valence-electron chi connectivity index (χ4n) is 2.27. The van der Waals surface area contributed by atoms with Gasteiger partial charge in [-0.2, -0.15) is 0 Å². The molecule has 0 fully saturated rings. The van der Waals surface area contributed by atoms with Crippen molar-refractivity contribution in [3.63, 3.8) is 0 Å². The number of nitrogens with two attached hydrogens (primary N) is 1. The van der Waals surface area contributed by atoms with E-state index in [2.05, 4.69) is 0 Å². The van der Waals surface area contributed by atoms with Gasteiger partial charge < -0.3 is 10.6 Å². The van der Waals surface area contributed by atoms with E-state index in [1.807, 2.05) is 43.1 Å². The molecule has 2 rings (SSSR count). The van der Waals surface area contributed by atoms with Crippen molar-refractivity contribution in [2.24, 2.45) is 5.73 Å². The van der Waals surface area contributed by atoms with Crippen molar-refractivity contribution in [1.82, 2.24) is 0 Å². The number of nitrogens with zero attached hydrogens (tertiary/aromatic N) is 1. The van der Waals surface area contributed by atoms with Crippen LogP contribution in [0.4, 0.5) is 10.1 Å². The molecule has 0 bridgehead atoms. The van der Waals surface area contributed by atoms with Crippen LogP contribution in [0.5, 0.6) is 0 Å². The summed E-state index contributed by atoms with van der Waals surface area (Å²) in [7, 11) is 1.92. The monoisotopic (exact) mass is 292 g/mol. The van der Waals surface area contributed by atoms with Crippen LogP contribution >= 0.6 is 11.6 Å². The summed E-state index contributed by atoms with van der Waals surface area (Å²) in [5.74, 6) is -0.205. The maximum Gasteiger partial charge on any atom is 0.128 e. The molecular formula is C16H18ClFN2. The summed E-state index contributed by atoms with van der Waals surface area (Å²) in [5.41, 5.74) is 8.33. The Labute approximate surface area is 124 Å². The molecule has 106 valence electrons. The molecule has 0 spiro atoms. The minimum absolute atomic E-state index is 0.111. The lowest BCUT2D eigenvalue weighted by Crippen LogP contribution is -2.24. The highest BCUT2D eigenvalue weighted by molar-refractivity contribution is 6.30. The van der Waals surface area contributed by atoms with Gasteiger partial charge in [0.2, 0.25) is 0 Å². The first-order valence-corrected chi connectivity index (χ1v) is 6.88. The number of anilines is 1. The van der Waals surface area contributed by atoms with Crippen LogP contribution in [0, 0.1) is 5.82 Å². The molecule has 0 saturated heterocycles. The molecule has 20 heavy (non-hydrogen) atoms. The van der Waals surface area contributed by atoms with E-state index in [1.54, 1.807) is 12.1 Å². The van der Waals surface area contributed by atoms with Crippen LogP contribution in [0.1, 0.15) is 24.1 Å². The van der Waals surface area contributed by atoms with Crippen LogP contribution in [0.2, 0.25) is 5.02 Å². The highest BCUT2D eigenvalue weighted by Crippen LogP contribution is 2.31. The van der Waals surface area contributed by atoms with Crippen LogP contribution < -0.4 is 10.6 Å². The highest BCUT2D eigenvalue weighted by Gasteiger charge is 2.18. The number of rotatable bonds is 4. The van der Waals surface area contributed by atoms with Crippen molar-refractivity contribution in [2.45, 2.75) is 19.5 Å². The number of benzene rings is 2. The fraction of sp³-hybridized carbons (Fsp3) is 0.250. The molecule has 0 saturated carbocycles. The maximum absolute atomic E-state index is 13.9. The van der Waals surface area contributed by atoms with Gasteiger partial charge in [-0.1, -0.05) is 35.9 Å². The maximum atomic E-state index is 13.9. The SMILES string of the molecule is CC(c1ccccc1F)N(C)c1cc(Cl)ccc1CN. The van der Waals surface area contributed by atoms with Crippen LogP contribution in [0.3, 0.4) is 0 Å². The molecule has 0 aliphatic carbocycles. The fourth-order valence-corrected chi connectivity index (χ4v) is 2.44. The first-order valence-electron chi connectivity index (χ1n) is 6.50. The Morgan fingerprint density at radius 2 is 1.95 bits per heavy atom. The van der Waals surface area contributed by atoms with Crippen LogP contribution in [-0.2, 0) is 6.54 Å². The second kappa shape index (κ2) is 6.25. The minimum atomic E-state index is -0.205. The number of halogens is 2. The largest absolute Gasteiger partial charge is 0.367 e. The van der Waals surface area contributed by atoms with Gasteiger partial charge in [0, 0.05) is 29.9 Å². The molecule has 1 atom stereocenters. The zero-order valence-corrected chi connectivity index (χ0v) is 12.4. The lowest BCUT2D eigenvalue weighted by atomic mass is 10.0. The molecule has 0 aliphatic heterocycles. The number of hydrogen-bond donors (Lipinski definition) is 1. The molecule has 1 unspecified atom stereocenters. The first kappa shape index (κ1) is 14.8. The third kappa shape index (κ3) is 2.94. The Morgan fingerprint density at radius 1 is 1.25 bits per heavy atom. The number of hydrogen-bond acceptors (Lipinski definition) is 2. The zero-order valence-electron chi connectivity index (χ0n) is 11.6. The van der Waals surface area contributed by atoms with E-state index in [-0.39, 0.29) is 11.9 Å². The van der Waals surface area contributed by atoms with Crippen LogP contribution in [0.15, 0.2) is 42.5 Å². The average Bonchev–Trinajstić information content (AvgIpc) is 2.46. The third-order valence-electron chi connectivity index (χ3n) is 3.58. The summed E-state index contributed by atoms with van der Waals surface area (Å²) < 4.78 is 13.9. The summed E-state index contributed by atoms with van der Waals surface area (Å²) in [4.78, 5) is 1.99. The topological polar surface area (TPSA) is 29.3 Å². The molecule has 2 aromatic carbocycles. The predicted octanol–water partition coefficient (Wildman–Crippen LogP) is 4.14. The Balaban J connectivity index is 2.38. The zero-order chi connectivity index (χ0) is 14.7. The summed E-state index contributed by atoms with van der Waals surface area (Å²) in [6.07, 6.45) is 0. The Hall–Kier alpha value is -1.58. The molecular weight excluding hydrogens is 275 g/mol. The van der Waals surface area contributed by atoms with E-state index in [1.165, 1.54) is 6.07 Å². The van der Waals surface area contributed by atoms with Gasteiger partial charge in [-0.25, -0.2) is 4.39 Å². The quantitative estimate of drug-likeness (QED) is 0.918. The second-order valence-electron chi connectivity index (χ2n) is 4.79. The van der Waals surface area contributed by atoms with E-state index >= 15 is 0 Å². The van der Waals surface area contributed by atoms with Gasteiger partial charge in [-0.3, -0.25) is 0 Å². The summed E-state index contributed by atoms with van der Waals surface area (Å²) in [6.45, 7) is 2.38. The van der Waals surface area contributed by atoms with Gasteiger partial charge in [-0.15, -0.1) is 0 Å². The molecule has 0 aromatic heterocycles. The normalized spacial score (nSPS) is 12.2. The summed E-state index contributed by atoms with van der Waals surface area (Å²) in [5, 5.41) is 0.643. The van der Waals surface area contributed by atoms with Crippen LogP contribution in [0.25, 0.3) is 0 Å². The molecule has 0 heterocycles. The molecule has 2 aromatic rings. The Kier molecular flexibility index (Phi) is 4.63. The minimum Gasteiger partial charge on any atom is -0.367 e. The standard InChI is InChI=1S/C16H18ClFN2/c1-11(14-5-3-4-6-15(14)18)20(2)16-9-13(17)8-7-12(16)10-19/h3-9,11H,10,19H2,1-2H3. The Bertz CT molecular complexity index is 601. The average molecular weight is 293 g/mol. The van der Waals surface area contributed by atoms with E-state index in [0.717, 1.165) is 11.3 Å². The van der Waals surface area contributed by atoms with Crippen molar-refractivity contribution in [1.29, 1.82) is 0 Å². The molecule has 2 N–H and O–H groups in total. The van der Waals surface area contributed by atoms with E-state index in [4.69, 9.17) is 17.3 Å². The van der Waals surface area contributed by atoms with Crippen molar-refractivity contribution < 1.29 is 4.39 Å². The van der Waals surface area contributed by atoms with E-state index in [9.17, 15) is 4.39 Å².